The average molecular weight is 300 g/mol. The van der Waals surface area contributed by atoms with Gasteiger partial charge in [-0.2, -0.15) is 0 Å². The second-order valence-electron chi connectivity index (χ2n) is 4.30. The van der Waals surface area contributed by atoms with Crippen LogP contribution in [0.25, 0.3) is 0 Å². The topological polar surface area (TPSA) is 102 Å². The highest BCUT2D eigenvalue weighted by atomic mass is 16.6. The highest BCUT2D eigenvalue weighted by Crippen LogP contribution is 2.25. The first-order valence-electron chi connectivity index (χ1n) is 6.21. The van der Waals surface area contributed by atoms with E-state index in [1.165, 1.54) is 31.5 Å². The van der Waals surface area contributed by atoms with E-state index in [0.29, 0.717) is 16.8 Å². The Labute approximate surface area is 125 Å². The van der Waals surface area contributed by atoms with Crippen molar-refractivity contribution in [1.29, 1.82) is 0 Å². The van der Waals surface area contributed by atoms with Crippen LogP contribution in [0.15, 0.2) is 47.5 Å². The van der Waals surface area contributed by atoms with Crippen LogP contribution in [0.1, 0.15) is 15.9 Å². The summed E-state index contributed by atoms with van der Waals surface area (Å²) < 4.78 is 4.59. The van der Waals surface area contributed by atoms with Crippen LogP contribution in [0.2, 0.25) is 0 Å². The van der Waals surface area contributed by atoms with Crippen molar-refractivity contribution >= 4 is 23.6 Å². The molecule has 7 nitrogen and oxygen atoms in total. The van der Waals surface area contributed by atoms with Gasteiger partial charge in [0.15, 0.2) is 5.75 Å². The largest absolute Gasteiger partial charge is 0.502 e. The fourth-order valence-electron chi connectivity index (χ4n) is 1.72. The standard InChI is InChI=1S/C15H12N2O5/c1-22-15(19)11-3-5-12(6-4-11)16-9-10-2-7-14(18)13(8-10)17(20)21/h2-9,18H,1H3. The van der Waals surface area contributed by atoms with E-state index in [4.69, 9.17) is 0 Å². The van der Waals surface area contributed by atoms with Gasteiger partial charge in [-0.15, -0.1) is 0 Å². The summed E-state index contributed by atoms with van der Waals surface area (Å²) in [4.78, 5) is 25.5. The summed E-state index contributed by atoms with van der Waals surface area (Å²) in [5.74, 6) is -0.839. The van der Waals surface area contributed by atoms with Gasteiger partial charge in [0.2, 0.25) is 0 Å². The minimum atomic E-state index is -0.669. The molecule has 0 heterocycles. The Hall–Kier alpha value is -3.22. The molecular formula is C15H12N2O5. The fourth-order valence-corrected chi connectivity index (χ4v) is 1.72. The second-order valence-corrected chi connectivity index (χ2v) is 4.30. The molecule has 112 valence electrons. The van der Waals surface area contributed by atoms with Crippen molar-refractivity contribution in [3.63, 3.8) is 0 Å². The van der Waals surface area contributed by atoms with Gasteiger partial charge in [-0.05, 0) is 42.0 Å². The van der Waals surface area contributed by atoms with E-state index in [1.807, 2.05) is 0 Å². The van der Waals surface area contributed by atoms with Crippen LogP contribution in [0.3, 0.4) is 0 Å². The number of nitrogens with zero attached hydrogens (tertiary/aromatic N) is 2. The first-order chi connectivity index (χ1) is 10.5. The lowest BCUT2D eigenvalue weighted by Gasteiger charge is -2.00. The van der Waals surface area contributed by atoms with Crippen molar-refractivity contribution < 1.29 is 19.6 Å². The second kappa shape index (κ2) is 6.49. The van der Waals surface area contributed by atoms with Crippen molar-refractivity contribution in [3.05, 3.63) is 63.7 Å². The van der Waals surface area contributed by atoms with E-state index < -0.39 is 16.6 Å². The number of nitro groups is 1. The molecule has 0 bridgehead atoms. The van der Waals surface area contributed by atoms with Crippen LogP contribution in [-0.4, -0.2) is 29.3 Å². The Morgan fingerprint density at radius 2 is 1.95 bits per heavy atom. The molecule has 2 aromatic carbocycles. The predicted molar refractivity (Wildman–Crippen MR) is 79.8 cm³/mol. The summed E-state index contributed by atoms with van der Waals surface area (Å²) in [6.07, 6.45) is 1.43. The summed E-state index contributed by atoms with van der Waals surface area (Å²) in [6, 6.07) is 10.3. The highest BCUT2D eigenvalue weighted by Gasteiger charge is 2.12. The zero-order valence-corrected chi connectivity index (χ0v) is 11.6. The lowest BCUT2D eigenvalue weighted by molar-refractivity contribution is -0.385. The number of aliphatic imine (C=N–C) groups is 1. The van der Waals surface area contributed by atoms with E-state index >= 15 is 0 Å². The Balaban J connectivity index is 2.20. The molecular weight excluding hydrogens is 288 g/mol. The van der Waals surface area contributed by atoms with Gasteiger partial charge in [0.05, 0.1) is 23.3 Å². The normalized spacial score (nSPS) is 10.6. The van der Waals surface area contributed by atoms with Crippen molar-refractivity contribution in [2.45, 2.75) is 0 Å². The van der Waals surface area contributed by atoms with Crippen molar-refractivity contribution in [2.24, 2.45) is 4.99 Å². The molecule has 0 aliphatic heterocycles. The van der Waals surface area contributed by atoms with E-state index in [9.17, 15) is 20.0 Å². The van der Waals surface area contributed by atoms with Crippen LogP contribution in [0.5, 0.6) is 5.75 Å². The Morgan fingerprint density at radius 1 is 1.27 bits per heavy atom. The number of nitro benzene ring substituents is 1. The van der Waals surface area contributed by atoms with Crippen molar-refractivity contribution in [2.75, 3.05) is 7.11 Å². The van der Waals surface area contributed by atoms with E-state index in [-0.39, 0.29) is 5.69 Å². The Bertz CT molecular complexity index is 738. The molecule has 0 unspecified atom stereocenters. The maximum atomic E-state index is 11.3. The molecule has 0 atom stereocenters. The monoisotopic (exact) mass is 300 g/mol. The molecule has 0 saturated carbocycles. The third-order valence-electron chi connectivity index (χ3n) is 2.85. The Morgan fingerprint density at radius 3 is 2.55 bits per heavy atom. The zero-order valence-electron chi connectivity index (χ0n) is 11.6. The number of carbonyl (C=O) groups is 1. The van der Waals surface area contributed by atoms with Gasteiger partial charge in [-0.1, -0.05) is 0 Å². The summed E-state index contributed by atoms with van der Waals surface area (Å²) in [5.41, 5.74) is 1.07. The molecule has 0 spiro atoms. The smallest absolute Gasteiger partial charge is 0.337 e. The number of aromatic hydroxyl groups is 1. The molecule has 22 heavy (non-hydrogen) atoms. The zero-order chi connectivity index (χ0) is 16.1. The third kappa shape index (κ3) is 3.45. The van der Waals surface area contributed by atoms with E-state index in [0.717, 1.165) is 0 Å². The molecule has 0 aliphatic carbocycles. The molecule has 1 N–H and O–H groups in total. The molecule has 0 aliphatic rings. The van der Waals surface area contributed by atoms with Gasteiger partial charge in [0, 0.05) is 12.3 Å². The molecule has 0 fully saturated rings. The van der Waals surface area contributed by atoms with Crippen molar-refractivity contribution in [3.8, 4) is 5.75 Å². The van der Waals surface area contributed by atoms with Gasteiger partial charge in [0.1, 0.15) is 0 Å². The summed E-state index contributed by atoms with van der Waals surface area (Å²) in [5, 5.41) is 20.1. The van der Waals surface area contributed by atoms with Gasteiger partial charge >= 0.3 is 11.7 Å². The summed E-state index contributed by atoms with van der Waals surface area (Å²) in [7, 11) is 1.30. The molecule has 0 aromatic heterocycles. The number of esters is 1. The lowest BCUT2D eigenvalue weighted by atomic mass is 10.2. The number of rotatable bonds is 4. The van der Waals surface area contributed by atoms with Crippen LogP contribution in [-0.2, 0) is 4.74 Å². The minimum absolute atomic E-state index is 0.384. The molecule has 7 heteroatoms. The van der Waals surface area contributed by atoms with Gasteiger partial charge in [-0.25, -0.2) is 4.79 Å². The number of hydrogen-bond donors (Lipinski definition) is 1. The van der Waals surface area contributed by atoms with E-state index in [2.05, 4.69) is 9.73 Å². The first-order valence-corrected chi connectivity index (χ1v) is 6.21. The van der Waals surface area contributed by atoms with Gasteiger partial charge < -0.3 is 9.84 Å². The number of carbonyl (C=O) groups excluding carboxylic acids is 1. The van der Waals surface area contributed by atoms with Crippen LogP contribution < -0.4 is 0 Å². The fraction of sp³-hybridized carbons (Fsp3) is 0.0667. The summed E-state index contributed by atoms with van der Waals surface area (Å²) in [6.45, 7) is 0. The minimum Gasteiger partial charge on any atom is -0.502 e. The quantitative estimate of drug-likeness (QED) is 0.405. The van der Waals surface area contributed by atoms with E-state index in [1.54, 1.807) is 24.3 Å². The van der Waals surface area contributed by atoms with Crippen LogP contribution in [0.4, 0.5) is 11.4 Å². The molecule has 0 radical (unpaired) electrons. The number of methoxy groups -OCH3 is 1. The lowest BCUT2D eigenvalue weighted by Crippen LogP contribution is -1.99. The number of phenols is 1. The van der Waals surface area contributed by atoms with Crippen molar-refractivity contribution in [1.82, 2.24) is 0 Å². The maximum absolute atomic E-state index is 11.3. The predicted octanol–water partition coefficient (Wildman–Crippen LogP) is 2.84. The maximum Gasteiger partial charge on any atom is 0.337 e. The number of hydrogen-bond acceptors (Lipinski definition) is 6. The van der Waals surface area contributed by atoms with Gasteiger partial charge in [-0.3, -0.25) is 15.1 Å². The highest BCUT2D eigenvalue weighted by molar-refractivity contribution is 5.90. The molecule has 2 aromatic rings. The van der Waals surface area contributed by atoms with Crippen LogP contribution in [0, 0.1) is 10.1 Å². The number of benzene rings is 2. The number of phenolic OH excluding ortho intramolecular Hbond substituents is 1. The molecule has 0 saturated heterocycles. The molecule has 2 rings (SSSR count). The third-order valence-corrected chi connectivity index (χ3v) is 2.85. The molecule has 0 amide bonds. The van der Waals surface area contributed by atoms with Crippen LogP contribution >= 0.6 is 0 Å². The van der Waals surface area contributed by atoms with Gasteiger partial charge in [0.25, 0.3) is 0 Å². The first kappa shape index (κ1) is 15.2. The summed E-state index contributed by atoms with van der Waals surface area (Å²) >= 11 is 0. The SMILES string of the molecule is COC(=O)c1ccc(N=Cc2ccc(O)c([N+](=O)[O-])c2)cc1. The Kier molecular flexibility index (Phi) is 4.47. The number of ether oxygens (including phenoxy) is 1. The average Bonchev–Trinajstić information content (AvgIpc) is 2.53.